The maximum Gasteiger partial charge on any atom is 0.253 e. The average molecular weight is 426 g/mol. The number of guanidine groups is 1. The highest BCUT2D eigenvalue weighted by Gasteiger charge is 2.42. The van der Waals surface area contributed by atoms with Crippen molar-refractivity contribution in [1.82, 2.24) is 20.0 Å². The molecule has 0 spiro atoms. The van der Waals surface area contributed by atoms with Gasteiger partial charge in [-0.2, -0.15) is 0 Å². The van der Waals surface area contributed by atoms with Crippen molar-refractivity contribution >= 4 is 11.9 Å². The van der Waals surface area contributed by atoms with Gasteiger partial charge in [-0.25, -0.2) is 0 Å². The first-order valence-electron chi connectivity index (χ1n) is 12.1. The van der Waals surface area contributed by atoms with E-state index >= 15 is 0 Å². The second-order valence-electron chi connectivity index (χ2n) is 9.65. The van der Waals surface area contributed by atoms with Gasteiger partial charge >= 0.3 is 0 Å². The van der Waals surface area contributed by atoms with Gasteiger partial charge in [-0.3, -0.25) is 14.7 Å². The van der Waals surface area contributed by atoms with Crippen LogP contribution in [-0.4, -0.2) is 86.0 Å². The summed E-state index contributed by atoms with van der Waals surface area (Å²) in [6.45, 7) is 8.20. The highest BCUT2D eigenvalue weighted by molar-refractivity contribution is 5.94. The molecule has 2 bridgehead atoms. The van der Waals surface area contributed by atoms with Crippen molar-refractivity contribution < 1.29 is 4.79 Å². The second kappa shape index (κ2) is 10.0. The first kappa shape index (κ1) is 22.1. The number of nitrogens with one attached hydrogen (secondary N) is 1. The third kappa shape index (κ3) is 5.22. The zero-order valence-electron chi connectivity index (χ0n) is 19.5. The third-order valence-electron chi connectivity index (χ3n) is 7.36. The summed E-state index contributed by atoms with van der Waals surface area (Å²) in [5, 5.41) is 3.49. The molecule has 1 saturated heterocycles. The Bertz CT molecular complexity index is 784. The molecule has 1 aromatic carbocycles. The summed E-state index contributed by atoms with van der Waals surface area (Å²) in [5.74, 6) is 3.06. The van der Waals surface area contributed by atoms with Crippen LogP contribution in [0.1, 0.15) is 48.5 Å². The zero-order chi connectivity index (χ0) is 21.8. The molecule has 3 unspecified atom stereocenters. The van der Waals surface area contributed by atoms with Crippen molar-refractivity contribution in [3.63, 3.8) is 0 Å². The molecule has 0 aromatic heterocycles. The lowest BCUT2D eigenvalue weighted by molar-refractivity contribution is 0.0827. The van der Waals surface area contributed by atoms with Crippen LogP contribution in [0.5, 0.6) is 0 Å². The van der Waals surface area contributed by atoms with Gasteiger partial charge in [0.25, 0.3) is 5.91 Å². The van der Waals surface area contributed by atoms with Gasteiger partial charge in [0.15, 0.2) is 5.96 Å². The number of rotatable bonds is 6. The van der Waals surface area contributed by atoms with E-state index in [0.29, 0.717) is 0 Å². The highest BCUT2D eigenvalue weighted by atomic mass is 16.2. The van der Waals surface area contributed by atoms with E-state index in [1.54, 1.807) is 19.0 Å². The average Bonchev–Trinajstić information content (AvgIpc) is 3.42. The number of aliphatic imine (C=N–C) groups is 1. The minimum atomic E-state index is 0.0482. The molecule has 1 aliphatic heterocycles. The summed E-state index contributed by atoms with van der Waals surface area (Å²) in [7, 11) is 3.58. The minimum absolute atomic E-state index is 0.0482. The molecular weight excluding hydrogens is 386 g/mol. The third-order valence-corrected chi connectivity index (χ3v) is 7.36. The van der Waals surface area contributed by atoms with Crippen LogP contribution in [0.15, 0.2) is 29.3 Å². The van der Waals surface area contributed by atoms with E-state index in [-0.39, 0.29) is 5.91 Å². The molecule has 1 N–H and O–H groups in total. The summed E-state index contributed by atoms with van der Waals surface area (Å²) in [6, 6.07) is 8.78. The normalized spacial score (nSPS) is 26.4. The van der Waals surface area contributed by atoms with Crippen molar-refractivity contribution in [3.05, 3.63) is 35.4 Å². The topological polar surface area (TPSA) is 51.2 Å². The monoisotopic (exact) mass is 425 g/mol. The Morgan fingerprint density at radius 3 is 2.61 bits per heavy atom. The van der Waals surface area contributed by atoms with Crippen LogP contribution in [0, 0.1) is 11.8 Å². The van der Waals surface area contributed by atoms with Crippen LogP contribution in [0.3, 0.4) is 0 Å². The summed E-state index contributed by atoms with van der Waals surface area (Å²) in [5.41, 5.74) is 1.91. The van der Waals surface area contributed by atoms with Gasteiger partial charge in [-0.05, 0) is 62.1 Å². The molecule has 6 heteroatoms. The summed E-state index contributed by atoms with van der Waals surface area (Å²) < 4.78 is 0. The van der Waals surface area contributed by atoms with Gasteiger partial charge in [-0.15, -0.1) is 0 Å². The van der Waals surface area contributed by atoms with Gasteiger partial charge in [-0.1, -0.05) is 18.6 Å². The maximum absolute atomic E-state index is 12.2. The second-order valence-corrected chi connectivity index (χ2v) is 9.65. The Labute approximate surface area is 187 Å². The Kier molecular flexibility index (Phi) is 7.16. The fourth-order valence-corrected chi connectivity index (χ4v) is 5.76. The number of carbonyl (C=O) groups excluding carboxylic acids is 1. The molecule has 6 nitrogen and oxygen atoms in total. The molecule has 170 valence electrons. The first-order chi connectivity index (χ1) is 15.0. The van der Waals surface area contributed by atoms with Crippen LogP contribution in [0.4, 0.5) is 0 Å². The predicted molar refractivity (Wildman–Crippen MR) is 127 cm³/mol. The van der Waals surface area contributed by atoms with Gasteiger partial charge < -0.3 is 15.1 Å². The van der Waals surface area contributed by atoms with E-state index in [0.717, 1.165) is 80.7 Å². The molecule has 4 rings (SSSR count). The summed E-state index contributed by atoms with van der Waals surface area (Å²) in [6.07, 6.45) is 6.70. The number of piperazine rings is 1. The molecule has 3 aliphatic rings. The Morgan fingerprint density at radius 1 is 1.16 bits per heavy atom. The molecule has 2 aliphatic carbocycles. The standard InChI is InChI=1S/C25H39N5O/c1-4-26-25(27-11-10-19-6-5-7-22(16-19)24(31)28(2)3)30-14-12-29(13-15-30)23-18-20-8-9-21(23)17-20/h5-7,16,20-21,23H,4,8-15,17-18H2,1-3H3,(H,26,27). The number of carbonyl (C=O) groups is 1. The van der Waals surface area contributed by atoms with Gasteiger partial charge in [0.05, 0.1) is 0 Å². The van der Waals surface area contributed by atoms with Crippen LogP contribution in [0.25, 0.3) is 0 Å². The number of hydrogen-bond acceptors (Lipinski definition) is 3. The number of amides is 1. The Morgan fingerprint density at radius 2 is 1.97 bits per heavy atom. The molecule has 3 fully saturated rings. The molecule has 1 aromatic rings. The lowest BCUT2D eigenvalue weighted by Gasteiger charge is -2.42. The number of hydrogen-bond donors (Lipinski definition) is 1. The Hall–Kier alpha value is -2.08. The predicted octanol–water partition coefficient (Wildman–Crippen LogP) is 2.70. The quantitative estimate of drug-likeness (QED) is 0.562. The molecule has 31 heavy (non-hydrogen) atoms. The smallest absolute Gasteiger partial charge is 0.253 e. The number of benzene rings is 1. The van der Waals surface area contributed by atoms with Crippen molar-refractivity contribution in [2.45, 2.75) is 45.1 Å². The summed E-state index contributed by atoms with van der Waals surface area (Å²) in [4.78, 5) is 23.9. The molecular formula is C25H39N5O. The van der Waals surface area contributed by atoms with E-state index < -0.39 is 0 Å². The minimum Gasteiger partial charge on any atom is -0.357 e. The number of nitrogens with zero attached hydrogens (tertiary/aromatic N) is 4. The lowest BCUT2D eigenvalue weighted by Crippen LogP contribution is -2.55. The van der Waals surface area contributed by atoms with E-state index in [1.807, 2.05) is 18.2 Å². The zero-order valence-corrected chi connectivity index (χ0v) is 19.5. The van der Waals surface area contributed by atoms with Crippen LogP contribution >= 0.6 is 0 Å². The molecule has 0 radical (unpaired) electrons. The molecule has 1 heterocycles. The highest BCUT2D eigenvalue weighted by Crippen LogP contribution is 2.46. The fraction of sp³-hybridized carbons (Fsp3) is 0.680. The first-order valence-corrected chi connectivity index (χ1v) is 12.1. The van der Waals surface area contributed by atoms with Crippen LogP contribution < -0.4 is 5.32 Å². The van der Waals surface area contributed by atoms with E-state index in [1.165, 1.54) is 25.7 Å². The largest absolute Gasteiger partial charge is 0.357 e. The van der Waals surface area contributed by atoms with Gasteiger partial charge in [0, 0.05) is 65.0 Å². The SMILES string of the molecule is CCNC(=NCCc1cccc(C(=O)N(C)C)c1)N1CCN(C2CC3CCC2C3)CC1. The van der Waals surface area contributed by atoms with Gasteiger partial charge in [0.2, 0.25) is 0 Å². The van der Waals surface area contributed by atoms with E-state index in [9.17, 15) is 4.79 Å². The van der Waals surface area contributed by atoms with Gasteiger partial charge in [0.1, 0.15) is 0 Å². The van der Waals surface area contributed by atoms with Crippen molar-refractivity contribution in [2.24, 2.45) is 16.8 Å². The van der Waals surface area contributed by atoms with Crippen molar-refractivity contribution in [1.29, 1.82) is 0 Å². The molecule has 3 atom stereocenters. The Balaban J connectivity index is 1.31. The van der Waals surface area contributed by atoms with Crippen LogP contribution in [0.2, 0.25) is 0 Å². The van der Waals surface area contributed by atoms with E-state index in [4.69, 9.17) is 4.99 Å². The van der Waals surface area contributed by atoms with E-state index in [2.05, 4.69) is 28.1 Å². The molecule has 2 saturated carbocycles. The van der Waals surface area contributed by atoms with Crippen molar-refractivity contribution in [2.75, 3.05) is 53.4 Å². The molecule has 1 amide bonds. The maximum atomic E-state index is 12.2. The summed E-state index contributed by atoms with van der Waals surface area (Å²) >= 11 is 0. The lowest BCUT2D eigenvalue weighted by atomic mass is 9.93. The van der Waals surface area contributed by atoms with Crippen LogP contribution in [-0.2, 0) is 6.42 Å². The fourth-order valence-electron chi connectivity index (χ4n) is 5.76. The number of fused-ring (bicyclic) bond motifs is 2. The van der Waals surface area contributed by atoms with Crippen molar-refractivity contribution in [3.8, 4) is 0 Å².